The van der Waals surface area contributed by atoms with Crippen LogP contribution in [0.5, 0.6) is 0 Å². The van der Waals surface area contributed by atoms with E-state index in [0.29, 0.717) is 19.0 Å². The predicted octanol–water partition coefficient (Wildman–Crippen LogP) is 4.35. The molecule has 3 rings (SSSR count). The largest absolute Gasteiger partial charge is 0.367 e. The van der Waals surface area contributed by atoms with Crippen molar-refractivity contribution < 1.29 is 4.79 Å². The van der Waals surface area contributed by atoms with Crippen molar-refractivity contribution >= 4 is 5.91 Å². The SMILES string of the molecule is CC1CCN(C(=O)/C(C#N)=C\N(Cc2ccccc2)Cc2ccccc2)CC1. The van der Waals surface area contributed by atoms with E-state index in [1.165, 1.54) is 0 Å². The van der Waals surface area contributed by atoms with Gasteiger partial charge in [0.1, 0.15) is 11.6 Å². The number of likely N-dealkylation sites (tertiary alicyclic amines) is 1. The zero-order chi connectivity index (χ0) is 19.8. The van der Waals surface area contributed by atoms with E-state index >= 15 is 0 Å². The molecule has 1 heterocycles. The van der Waals surface area contributed by atoms with Crippen molar-refractivity contribution in [3.63, 3.8) is 0 Å². The number of carbonyl (C=O) groups excluding carboxylic acids is 1. The fraction of sp³-hybridized carbons (Fsp3) is 0.333. The molecule has 2 aromatic rings. The van der Waals surface area contributed by atoms with Gasteiger partial charge in [0.05, 0.1) is 0 Å². The van der Waals surface area contributed by atoms with Crippen LogP contribution in [-0.4, -0.2) is 28.8 Å². The molecule has 0 bridgehead atoms. The number of rotatable bonds is 6. The van der Waals surface area contributed by atoms with Gasteiger partial charge in [0.2, 0.25) is 0 Å². The Hall–Kier alpha value is -3.06. The van der Waals surface area contributed by atoms with E-state index in [9.17, 15) is 10.1 Å². The maximum atomic E-state index is 12.9. The number of hydrogen-bond acceptors (Lipinski definition) is 3. The number of piperidine rings is 1. The number of nitrogens with zero attached hydrogens (tertiary/aromatic N) is 3. The molecular weight excluding hydrogens is 346 g/mol. The van der Waals surface area contributed by atoms with E-state index in [0.717, 1.165) is 37.1 Å². The van der Waals surface area contributed by atoms with E-state index in [1.54, 1.807) is 6.20 Å². The van der Waals surface area contributed by atoms with Crippen molar-refractivity contribution in [2.24, 2.45) is 5.92 Å². The summed E-state index contributed by atoms with van der Waals surface area (Å²) < 4.78 is 0. The van der Waals surface area contributed by atoms with Crippen molar-refractivity contribution in [3.8, 4) is 6.07 Å². The van der Waals surface area contributed by atoms with Crippen LogP contribution in [0.2, 0.25) is 0 Å². The van der Waals surface area contributed by atoms with Crippen LogP contribution in [0.4, 0.5) is 0 Å². The van der Waals surface area contributed by atoms with Gasteiger partial charge in [-0.05, 0) is 29.9 Å². The van der Waals surface area contributed by atoms with Gasteiger partial charge in [-0.2, -0.15) is 5.26 Å². The lowest BCUT2D eigenvalue weighted by atomic mass is 9.99. The highest BCUT2D eigenvalue weighted by Crippen LogP contribution is 2.19. The van der Waals surface area contributed by atoms with Crippen molar-refractivity contribution in [3.05, 3.63) is 83.6 Å². The summed E-state index contributed by atoms with van der Waals surface area (Å²) in [4.78, 5) is 16.8. The Bertz CT molecular complexity index is 790. The van der Waals surface area contributed by atoms with E-state index in [4.69, 9.17) is 0 Å². The Labute approximate surface area is 167 Å². The Balaban J connectivity index is 1.80. The van der Waals surface area contributed by atoms with Crippen LogP contribution in [0.25, 0.3) is 0 Å². The average molecular weight is 374 g/mol. The summed E-state index contributed by atoms with van der Waals surface area (Å²) in [7, 11) is 0. The molecule has 1 amide bonds. The Morgan fingerprint density at radius 1 is 1.04 bits per heavy atom. The summed E-state index contributed by atoms with van der Waals surface area (Å²) in [6.45, 7) is 4.97. The van der Waals surface area contributed by atoms with Gasteiger partial charge in [-0.15, -0.1) is 0 Å². The molecule has 2 aromatic carbocycles. The lowest BCUT2D eigenvalue weighted by Gasteiger charge is -2.30. The molecule has 1 fully saturated rings. The van der Waals surface area contributed by atoms with Gasteiger partial charge < -0.3 is 9.80 Å². The van der Waals surface area contributed by atoms with Crippen LogP contribution < -0.4 is 0 Å². The molecule has 0 radical (unpaired) electrons. The second-order valence-corrected chi connectivity index (χ2v) is 7.51. The third kappa shape index (κ3) is 5.47. The molecule has 0 spiro atoms. The topological polar surface area (TPSA) is 47.3 Å². The molecule has 1 saturated heterocycles. The van der Waals surface area contributed by atoms with E-state index in [2.05, 4.69) is 37.3 Å². The van der Waals surface area contributed by atoms with Crippen LogP contribution in [0.1, 0.15) is 30.9 Å². The zero-order valence-electron chi connectivity index (χ0n) is 16.4. The second kappa shape index (κ2) is 9.75. The summed E-state index contributed by atoms with van der Waals surface area (Å²) in [5, 5.41) is 9.67. The monoisotopic (exact) mass is 373 g/mol. The highest BCUT2D eigenvalue weighted by Gasteiger charge is 2.23. The quantitative estimate of drug-likeness (QED) is 0.558. The molecule has 0 aromatic heterocycles. The Morgan fingerprint density at radius 2 is 1.54 bits per heavy atom. The van der Waals surface area contributed by atoms with E-state index < -0.39 is 0 Å². The third-order valence-electron chi connectivity index (χ3n) is 5.19. The van der Waals surface area contributed by atoms with Crippen LogP contribution in [-0.2, 0) is 17.9 Å². The summed E-state index contributed by atoms with van der Waals surface area (Å²) in [6.07, 6.45) is 3.74. The smallest absolute Gasteiger partial charge is 0.266 e. The highest BCUT2D eigenvalue weighted by molar-refractivity contribution is 5.97. The van der Waals surface area contributed by atoms with Crippen LogP contribution in [0.3, 0.4) is 0 Å². The number of nitriles is 1. The molecule has 0 unspecified atom stereocenters. The molecule has 4 nitrogen and oxygen atoms in total. The van der Waals surface area contributed by atoms with Gasteiger partial charge >= 0.3 is 0 Å². The van der Waals surface area contributed by atoms with Crippen molar-refractivity contribution in [2.45, 2.75) is 32.9 Å². The van der Waals surface area contributed by atoms with Gasteiger partial charge in [-0.25, -0.2) is 0 Å². The van der Waals surface area contributed by atoms with E-state index in [-0.39, 0.29) is 11.5 Å². The number of amides is 1. The summed E-state index contributed by atoms with van der Waals surface area (Å²) in [5.41, 5.74) is 2.50. The molecule has 0 saturated carbocycles. The molecule has 4 heteroatoms. The minimum atomic E-state index is -0.152. The molecule has 28 heavy (non-hydrogen) atoms. The second-order valence-electron chi connectivity index (χ2n) is 7.51. The maximum Gasteiger partial charge on any atom is 0.266 e. The number of hydrogen-bond donors (Lipinski definition) is 0. The summed E-state index contributed by atoms with van der Waals surface area (Å²) >= 11 is 0. The standard InChI is InChI=1S/C24H27N3O/c1-20-12-14-27(15-13-20)24(28)23(16-25)19-26(17-21-8-4-2-5-9-21)18-22-10-6-3-7-11-22/h2-11,19-20H,12-15,17-18H2,1H3/b23-19-. The van der Waals surface area contributed by atoms with Gasteiger partial charge in [0.25, 0.3) is 5.91 Å². The first-order valence-electron chi connectivity index (χ1n) is 9.89. The zero-order valence-corrected chi connectivity index (χ0v) is 16.4. The molecule has 0 atom stereocenters. The summed E-state index contributed by atoms with van der Waals surface area (Å²) in [5.74, 6) is 0.492. The van der Waals surface area contributed by atoms with E-state index in [1.807, 2.05) is 46.2 Å². The first-order chi connectivity index (χ1) is 13.7. The Morgan fingerprint density at radius 3 is 2.00 bits per heavy atom. The number of carbonyl (C=O) groups is 1. The normalized spacial score (nSPS) is 15.1. The number of benzene rings is 2. The van der Waals surface area contributed by atoms with Crippen molar-refractivity contribution in [1.82, 2.24) is 9.80 Å². The molecule has 0 N–H and O–H groups in total. The molecule has 1 aliphatic heterocycles. The summed E-state index contributed by atoms with van der Waals surface area (Å²) in [6, 6.07) is 22.4. The minimum Gasteiger partial charge on any atom is -0.367 e. The minimum absolute atomic E-state index is 0.152. The molecule has 0 aliphatic carbocycles. The fourth-order valence-corrected chi connectivity index (χ4v) is 3.48. The first-order valence-corrected chi connectivity index (χ1v) is 9.89. The molecule has 1 aliphatic rings. The lowest BCUT2D eigenvalue weighted by Crippen LogP contribution is -2.39. The van der Waals surface area contributed by atoms with Crippen LogP contribution >= 0.6 is 0 Å². The van der Waals surface area contributed by atoms with Gasteiger partial charge in [-0.1, -0.05) is 67.6 Å². The maximum absolute atomic E-state index is 12.9. The van der Waals surface area contributed by atoms with Crippen LogP contribution in [0.15, 0.2) is 72.4 Å². The van der Waals surface area contributed by atoms with Gasteiger partial charge in [0, 0.05) is 32.4 Å². The van der Waals surface area contributed by atoms with Crippen LogP contribution in [0, 0.1) is 17.2 Å². The predicted molar refractivity (Wildman–Crippen MR) is 111 cm³/mol. The molecule has 144 valence electrons. The third-order valence-corrected chi connectivity index (χ3v) is 5.19. The van der Waals surface area contributed by atoms with Crippen molar-refractivity contribution in [1.29, 1.82) is 5.26 Å². The van der Waals surface area contributed by atoms with Crippen molar-refractivity contribution in [2.75, 3.05) is 13.1 Å². The average Bonchev–Trinajstić information content (AvgIpc) is 2.73. The highest BCUT2D eigenvalue weighted by atomic mass is 16.2. The van der Waals surface area contributed by atoms with Gasteiger partial charge in [0.15, 0.2) is 0 Å². The fourth-order valence-electron chi connectivity index (χ4n) is 3.48. The lowest BCUT2D eigenvalue weighted by molar-refractivity contribution is -0.128. The van der Waals surface area contributed by atoms with Gasteiger partial charge in [-0.3, -0.25) is 4.79 Å². The Kier molecular flexibility index (Phi) is 6.86. The first kappa shape index (κ1) is 19.7. The molecular formula is C24H27N3O.